The zero-order valence-corrected chi connectivity index (χ0v) is 13.5. The van der Waals surface area contributed by atoms with Crippen LogP contribution in [0.15, 0.2) is 0 Å². The van der Waals surface area contributed by atoms with E-state index in [1.165, 1.54) is 0 Å². The molecule has 7 heteroatoms. The Hall–Kier alpha value is 0.110. The molecule has 1 atom stereocenters. The zero-order chi connectivity index (χ0) is 13.9. The fourth-order valence-corrected chi connectivity index (χ4v) is 3.87. The van der Waals surface area contributed by atoms with Gasteiger partial charge in [-0.2, -0.15) is 8.42 Å². The molecule has 0 aliphatic heterocycles. The summed E-state index contributed by atoms with van der Waals surface area (Å²) in [5.74, 6) is -0.634. The van der Waals surface area contributed by atoms with Gasteiger partial charge in [0.1, 0.15) is 0 Å². The molecule has 102 valence electrons. The van der Waals surface area contributed by atoms with Gasteiger partial charge in [-0.15, -0.1) is 0 Å². The molecule has 0 spiro atoms. The topological polar surface area (TPSA) is 83.5 Å². The molecule has 0 saturated carbocycles. The number of carbonyl (C=O) groups is 1. The molecule has 0 rings (SSSR count). The predicted octanol–water partition coefficient (Wildman–Crippen LogP) is 1.48. The van der Waals surface area contributed by atoms with Crippen LogP contribution < -0.4 is 5.32 Å². The van der Waals surface area contributed by atoms with Gasteiger partial charge in [0.15, 0.2) is 0 Å². The van der Waals surface area contributed by atoms with Gasteiger partial charge < -0.3 is 5.32 Å². The monoisotopic (exact) mass is 377 g/mol. The van der Waals surface area contributed by atoms with E-state index >= 15 is 0 Å². The molecule has 1 amide bonds. The summed E-state index contributed by atoms with van der Waals surface area (Å²) in [5, 5.41) is 2.66. The molecule has 17 heavy (non-hydrogen) atoms. The van der Waals surface area contributed by atoms with Gasteiger partial charge in [0, 0.05) is 10.3 Å². The first-order valence-electron chi connectivity index (χ1n) is 5.31. The first-order chi connectivity index (χ1) is 7.48. The number of alkyl halides is 1. The molecule has 2 N–H and O–H groups in total. The summed E-state index contributed by atoms with van der Waals surface area (Å²) in [6, 6.07) is 0. The standard InChI is InChI=1S/C10H20INO4S/c1-7(2)8(5-11)9(13)12-10(3,4)6-17(14,15)16/h7-8H,5-6H2,1-4H3,(H,12,13)(H,14,15,16). The summed E-state index contributed by atoms with van der Waals surface area (Å²) in [6.45, 7) is 7.03. The number of amides is 1. The molecule has 0 heterocycles. The van der Waals surface area contributed by atoms with E-state index < -0.39 is 21.4 Å². The Balaban J connectivity index is 4.66. The summed E-state index contributed by atoms with van der Waals surface area (Å²) >= 11 is 2.13. The maximum Gasteiger partial charge on any atom is 0.267 e. The van der Waals surface area contributed by atoms with Crippen LogP contribution in [0, 0.1) is 11.8 Å². The van der Waals surface area contributed by atoms with E-state index in [-0.39, 0.29) is 17.7 Å². The van der Waals surface area contributed by atoms with Gasteiger partial charge in [-0.05, 0) is 19.8 Å². The summed E-state index contributed by atoms with van der Waals surface area (Å²) in [7, 11) is -4.10. The highest BCUT2D eigenvalue weighted by atomic mass is 127. The molecule has 0 saturated heterocycles. The first-order valence-corrected chi connectivity index (χ1v) is 8.45. The van der Waals surface area contributed by atoms with Crippen LogP contribution in [0.4, 0.5) is 0 Å². The highest BCUT2D eigenvalue weighted by molar-refractivity contribution is 14.1. The smallest absolute Gasteiger partial charge is 0.267 e. The van der Waals surface area contributed by atoms with Crippen LogP contribution in [-0.2, 0) is 14.9 Å². The van der Waals surface area contributed by atoms with Crippen molar-refractivity contribution < 1.29 is 17.8 Å². The molecule has 0 aliphatic rings. The highest BCUT2D eigenvalue weighted by Gasteiger charge is 2.30. The quantitative estimate of drug-likeness (QED) is 0.417. The lowest BCUT2D eigenvalue weighted by Crippen LogP contribution is -2.51. The predicted molar refractivity (Wildman–Crippen MR) is 75.9 cm³/mol. The average molecular weight is 377 g/mol. The lowest BCUT2D eigenvalue weighted by atomic mass is 9.96. The van der Waals surface area contributed by atoms with E-state index in [1.807, 2.05) is 13.8 Å². The average Bonchev–Trinajstić information content (AvgIpc) is 1.96. The molecule has 5 nitrogen and oxygen atoms in total. The second kappa shape index (κ2) is 6.33. The molecular formula is C10H20INO4S. The molecule has 0 bridgehead atoms. The molecule has 1 unspecified atom stereocenters. The van der Waals surface area contributed by atoms with Crippen molar-refractivity contribution in [3.8, 4) is 0 Å². The molecule has 0 aliphatic carbocycles. The van der Waals surface area contributed by atoms with Gasteiger partial charge in [-0.3, -0.25) is 9.35 Å². The lowest BCUT2D eigenvalue weighted by Gasteiger charge is -2.28. The van der Waals surface area contributed by atoms with Crippen LogP contribution in [0.25, 0.3) is 0 Å². The SMILES string of the molecule is CC(C)C(CI)C(=O)NC(C)(C)CS(=O)(=O)O. The van der Waals surface area contributed by atoms with Crippen molar-refractivity contribution in [1.82, 2.24) is 5.32 Å². The minimum absolute atomic E-state index is 0.156. The van der Waals surface area contributed by atoms with Gasteiger partial charge in [-0.25, -0.2) is 0 Å². The van der Waals surface area contributed by atoms with Crippen LogP contribution >= 0.6 is 22.6 Å². The molecule has 0 aromatic carbocycles. The number of rotatable bonds is 6. The van der Waals surface area contributed by atoms with Crippen molar-refractivity contribution in [2.75, 3.05) is 10.2 Å². The number of halogens is 1. The third kappa shape index (κ3) is 7.20. The third-order valence-electron chi connectivity index (χ3n) is 2.31. The van der Waals surface area contributed by atoms with E-state index in [2.05, 4.69) is 27.9 Å². The van der Waals surface area contributed by atoms with Crippen LogP contribution in [0.2, 0.25) is 0 Å². The van der Waals surface area contributed by atoms with Crippen molar-refractivity contribution in [2.45, 2.75) is 33.2 Å². The molecular weight excluding hydrogens is 357 g/mol. The Morgan fingerprint density at radius 3 is 2.18 bits per heavy atom. The first kappa shape index (κ1) is 17.1. The number of hydrogen-bond acceptors (Lipinski definition) is 3. The Morgan fingerprint density at radius 2 is 1.88 bits per heavy atom. The Labute approximate surface area is 117 Å². The number of nitrogens with one attached hydrogen (secondary N) is 1. The summed E-state index contributed by atoms with van der Waals surface area (Å²) < 4.78 is 31.1. The van der Waals surface area contributed by atoms with Crippen molar-refractivity contribution in [2.24, 2.45) is 11.8 Å². The van der Waals surface area contributed by atoms with Gasteiger partial charge in [-0.1, -0.05) is 36.4 Å². The van der Waals surface area contributed by atoms with Gasteiger partial charge in [0.25, 0.3) is 10.1 Å². The molecule has 0 radical (unpaired) electrons. The Bertz CT molecular complexity index is 365. The van der Waals surface area contributed by atoms with Crippen LogP contribution in [0.1, 0.15) is 27.7 Å². The normalized spacial score (nSPS) is 14.8. The molecule has 0 aromatic heterocycles. The van der Waals surface area contributed by atoms with E-state index in [4.69, 9.17) is 4.55 Å². The fraction of sp³-hybridized carbons (Fsp3) is 0.900. The summed E-state index contributed by atoms with van der Waals surface area (Å²) in [6.07, 6.45) is 0. The number of hydrogen-bond donors (Lipinski definition) is 2. The third-order valence-corrected chi connectivity index (χ3v) is 4.35. The summed E-state index contributed by atoms with van der Waals surface area (Å²) in [4.78, 5) is 11.9. The second-order valence-electron chi connectivity index (χ2n) is 5.10. The minimum Gasteiger partial charge on any atom is -0.350 e. The van der Waals surface area contributed by atoms with Crippen LogP contribution in [-0.4, -0.2) is 34.6 Å². The van der Waals surface area contributed by atoms with E-state index in [9.17, 15) is 13.2 Å². The molecule has 0 fully saturated rings. The fourth-order valence-electron chi connectivity index (χ4n) is 1.47. The van der Waals surface area contributed by atoms with Gasteiger partial charge >= 0.3 is 0 Å². The number of carbonyl (C=O) groups excluding carboxylic acids is 1. The van der Waals surface area contributed by atoms with E-state index in [0.29, 0.717) is 4.43 Å². The van der Waals surface area contributed by atoms with E-state index in [0.717, 1.165) is 0 Å². The van der Waals surface area contributed by atoms with Crippen LogP contribution in [0.5, 0.6) is 0 Å². The maximum atomic E-state index is 11.9. The highest BCUT2D eigenvalue weighted by Crippen LogP contribution is 2.16. The van der Waals surface area contributed by atoms with Crippen LogP contribution in [0.3, 0.4) is 0 Å². The largest absolute Gasteiger partial charge is 0.350 e. The lowest BCUT2D eigenvalue weighted by molar-refractivity contribution is -0.126. The van der Waals surface area contributed by atoms with Crippen molar-refractivity contribution in [3.05, 3.63) is 0 Å². The van der Waals surface area contributed by atoms with Crippen molar-refractivity contribution in [3.63, 3.8) is 0 Å². The maximum absolute atomic E-state index is 11.9. The van der Waals surface area contributed by atoms with E-state index in [1.54, 1.807) is 13.8 Å². The van der Waals surface area contributed by atoms with Gasteiger partial charge in [0.2, 0.25) is 5.91 Å². The van der Waals surface area contributed by atoms with Crippen molar-refractivity contribution >= 4 is 38.6 Å². The minimum atomic E-state index is -4.10. The van der Waals surface area contributed by atoms with Crippen molar-refractivity contribution in [1.29, 1.82) is 0 Å². The summed E-state index contributed by atoms with van der Waals surface area (Å²) in [5.41, 5.74) is -0.969. The Kier molecular flexibility index (Phi) is 6.37. The van der Waals surface area contributed by atoms with Gasteiger partial charge in [0.05, 0.1) is 11.3 Å². The second-order valence-corrected chi connectivity index (χ2v) is 7.44. The molecule has 0 aromatic rings. The Morgan fingerprint density at radius 1 is 1.41 bits per heavy atom. The zero-order valence-electron chi connectivity index (χ0n) is 10.5.